The Balaban J connectivity index is 1.96. The molecule has 11 heavy (non-hydrogen) atoms. The van der Waals surface area contributed by atoms with Gasteiger partial charge in [-0.05, 0) is 19.8 Å². The van der Waals surface area contributed by atoms with E-state index in [1.165, 1.54) is 32.1 Å². The van der Waals surface area contributed by atoms with Crippen molar-refractivity contribution >= 4 is 11.8 Å². The first-order valence-electron chi connectivity index (χ1n) is 4.63. The van der Waals surface area contributed by atoms with E-state index < -0.39 is 0 Å². The summed E-state index contributed by atoms with van der Waals surface area (Å²) in [6.45, 7) is 2.92. The minimum absolute atomic E-state index is 0.861. The normalized spacial score (nSPS) is 20.5. The van der Waals surface area contributed by atoms with E-state index in [1.807, 2.05) is 11.8 Å². The molecule has 0 aromatic rings. The van der Waals surface area contributed by atoms with Crippen LogP contribution in [0.15, 0.2) is 0 Å². The fraction of sp³-hybridized carbons (Fsp3) is 1.00. The molecular weight excluding hydrogens is 156 g/mol. The summed E-state index contributed by atoms with van der Waals surface area (Å²) in [6.07, 6.45) is 7.15. The molecule has 0 unspecified atom stereocenters. The summed E-state index contributed by atoms with van der Waals surface area (Å²) in [6, 6.07) is 0. The van der Waals surface area contributed by atoms with Crippen molar-refractivity contribution in [1.29, 1.82) is 0 Å². The third kappa shape index (κ3) is 4.02. The standard InChI is InChI=1S/C9H18OS/c1-2-10-8-11-9-6-4-3-5-7-9/h9H,2-8H2,1H3. The molecule has 0 spiro atoms. The van der Waals surface area contributed by atoms with Crippen LogP contribution in [-0.2, 0) is 4.74 Å². The molecule has 0 heterocycles. The zero-order chi connectivity index (χ0) is 7.94. The second kappa shape index (κ2) is 5.90. The molecule has 0 aromatic heterocycles. The Morgan fingerprint density at radius 1 is 1.27 bits per heavy atom. The first kappa shape index (κ1) is 9.40. The van der Waals surface area contributed by atoms with Crippen LogP contribution in [0.25, 0.3) is 0 Å². The summed E-state index contributed by atoms with van der Waals surface area (Å²) in [5, 5.41) is 0.898. The molecule has 1 fully saturated rings. The molecule has 0 saturated heterocycles. The lowest BCUT2D eigenvalue weighted by Gasteiger charge is -2.20. The molecule has 1 aliphatic carbocycles. The Labute approximate surface area is 73.9 Å². The highest BCUT2D eigenvalue weighted by Gasteiger charge is 2.12. The summed E-state index contributed by atoms with van der Waals surface area (Å²) in [7, 11) is 0. The number of ether oxygens (including phenoxy) is 1. The van der Waals surface area contributed by atoms with Crippen molar-refractivity contribution in [3.05, 3.63) is 0 Å². The highest BCUT2D eigenvalue weighted by atomic mass is 32.2. The summed E-state index contributed by atoms with van der Waals surface area (Å²) in [4.78, 5) is 0. The second-order valence-corrected chi connectivity index (χ2v) is 4.27. The fourth-order valence-electron chi connectivity index (χ4n) is 1.46. The Bertz CT molecular complexity index is 89.6. The first-order valence-corrected chi connectivity index (χ1v) is 5.67. The van der Waals surface area contributed by atoms with Gasteiger partial charge in [-0.25, -0.2) is 0 Å². The Hall–Kier alpha value is 0.310. The zero-order valence-electron chi connectivity index (χ0n) is 7.34. The van der Waals surface area contributed by atoms with Crippen molar-refractivity contribution in [3.8, 4) is 0 Å². The van der Waals surface area contributed by atoms with Gasteiger partial charge < -0.3 is 4.74 Å². The van der Waals surface area contributed by atoms with Crippen LogP contribution >= 0.6 is 11.8 Å². The molecule has 1 saturated carbocycles. The van der Waals surface area contributed by atoms with Crippen molar-refractivity contribution in [2.24, 2.45) is 0 Å². The van der Waals surface area contributed by atoms with Gasteiger partial charge in [0.15, 0.2) is 0 Å². The average Bonchev–Trinajstić information content (AvgIpc) is 2.07. The molecular formula is C9H18OS. The lowest BCUT2D eigenvalue weighted by atomic mass is 10.0. The predicted molar refractivity (Wildman–Crippen MR) is 51.0 cm³/mol. The Morgan fingerprint density at radius 3 is 2.64 bits per heavy atom. The molecule has 0 amide bonds. The van der Waals surface area contributed by atoms with Crippen LogP contribution in [0.1, 0.15) is 39.0 Å². The van der Waals surface area contributed by atoms with Crippen LogP contribution in [0.5, 0.6) is 0 Å². The third-order valence-electron chi connectivity index (χ3n) is 2.14. The number of rotatable bonds is 4. The van der Waals surface area contributed by atoms with Gasteiger partial charge >= 0.3 is 0 Å². The van der Waals surface area contributed by atoms with E-state index in [2.05, 4.69) is 6.92 Å². The van der Waals surface area contributed by atoms with Crippen molar-refractivity contribution in [3.63, 3.8) is 0 Å². The molecule has 0 aliphatic heterocycles. The quantitative estimate of drug-likeness (QED) is 0.478. The van der Waals surface area contributed by atoms with Crippen LogP contribution in [0.4, 0.5) is 0 Å². The van der Waals surface area contributed by atoms with Crippen molar-refractivity contribution in [2.75, 3.05) is 12.5 Å². The van der Waals surface area contributed by atoms with E-state index in [9.17, 15) is 0 Å². The third-order valence-corrected chi connectivity index (χ3v) is 3.39. The molecule has 0 N–H and O–H groups in total. The highest BCUT2D eigenvalue weighted by molar-refractivity contribution is 7.99. The monoisotopic (exact) mass is 174 g/mol. The van der Waals surface area contributed by atoms with Crippen LogP contribution in [0.2, 0.25) is 0 Å². The zero-order valence-corrected chi connectivity index (χ0v) is 8.16. The summed E-state index contributed by atoms with van der Waals surface area (Å²) in [5.41, 5.74) is 0. The molecule has 1 aliphatic rings. The Kier molecular flexibility index (Phi) is 5.04. The molecule has 0 radical (unpaired) electrons. The van der Waals surface area contributed by atoms with Gasteiger partial charge in [0.1, 0.15) is 0 Å². The van der Waals surface area contributed by atoms with Crippen molar-refractivity contribution in [2.45, 2.75) is 44.3 Å². The smallest absolute Gasteiger partial charge is 0.0923 e. The maximum Gasteiger partial charge on any atom is 0.0923 e. The van der Waals surface area contributed by atoms with E-state index in [0.717, 1.165) is 17.8 Å². The van der Waals surface area contributed by atoms with Gasteiger partial charge in [-0.1, -0.05) is 19.3 Å². The van der Waals surface area contributed by atoms with Crippen molar-refractivity contribution < 1.29 is 4.74 Å². The van der Waals surface area contributed by atoms with Gasteiger partial charge in [0.25, 0.3) is 0 Å². The van der Waals surface area contributed by atoms with Gasteiger partial charge in [-0.2, -0.15) is 0 Å². The van der Waals surface area contributed by atoms with Gasteiger partial charge in [0.2, 0.25) is 0 Å². The van der Waals surface area contributed by atoms with E-state index in [1.54, 1.807) is 0 Å². The second-order valence-electron chi connectivity index (χ2n) is 3.04. The van der Waals surface area contributed by atoms with E-state index in [0.29, 0.717) is 0 Å². The van der Waals surface area contributed by atoms with Crippen LogP contribution in [-0.4, -0.2) is 17.8 Å². The minimum atomic E-state index is 0.861. The molecule has 0 bridgehead atoms. The first-order chi connectivity index (χ1) is 5.43. The van der Waals surface area contributed by atoms with E-state index in [4.69, 9.17) is 4.74 Å². The maximum absolute atomic E-state index is 5.30. The SMILES string of the molecule is CCOCSC1CCCCC1. The molecule has 0 aromatic carbocycles. The van der Waals surface area contributed by atoms with E-state index in [-0.39, 0.29) is 0 Å². The van der Waals surface area contributed by atoms with Gasteiger partial charge in [0, 0.05) is 11.9 Å². The highest BCUT2D eigenvalue weighted by Crippen LogP contribution is 2.27. The number of thioether (sulfide) groups is 1. The lowest BCUT2D eigenvalue weighted by molar-refractivity contribution is 0.198. The van der Waals surface area contributed by atoms with Crippen LogP contribution in [0.3, 0.4) is 0 Å². The number of hydrogen-bond donors (Lipinski definition) is 0. The molecule has 0 atom stereocenters. The van der Waals surface area contributed by atoms with Crippen molar-refractivity contribution in [1.82, 2.24) is 0 Å². The van der Waals surface area contributed by atoms with Gasteiger partial charge in [0.05, 0.1) is 5.94 Å². The minimum Gasteiger partial charge on any atom is -0.371 e. The predicted octanol–water partition coefficient (Wildman–Crippen LogP) is 3.05. The van der Waals surface area contributed by atoms with Crippen LogP contribution < -0.4 is 0 Å². The molecule has 1 rings (SSSR count). The molecule has 1 nitrogen and oxygen atoms in total. The van der Waals surface area contributed by atoms with Gasteiger partial charge in [-0.3, -0.25) is 0 Å². The fourth-order valence-corrected chi connectivity index (χ4v) is 2.58. The molecule has 2 heteroatoms. The summed E-state index contributed by atoms with van der Waals surface area (Å²) < 4.78 is 5.30. The number of hydrogen-bond acceptors (Lipinski definition) is 2. The van der Waals surface area contributed by atoms with E-state index >= 15 is 0 Å². The average molecular weight is 174 g/mol. The summed E-state index contributed by atoms with van der Waals surface area (Å²) >= 11 is 2.00. The van der Waals surface area contributed by atoms with Gasteiger partial charge in [-0.15, -0.1) is 11.8 Å². The van der Waals surface area contributed by atoms with Crippen LogP contribution in [0, 0.1) is 0 Å². The topological polar surface area (TPSA) is 9.23 Å². The summed E-state index contributed by atoms with van der Waals surface area (Å²) in [5.74, 6) is 0.904. The largest absolute Gasteiger partial charge is 0.371 e. The Morgan fingerprint density at radius 2 is 2.00 bits per heavy atom. The molecule has 66 valence electrons. The lowest BCUT2D eigenvalue weighted by Crippen LogP contribution is -2.09. The maximum atomic E-state index is 5.30.